The van der Waals surface area contributed by atoms with E-state index in [2.05, 4.69) is 21.1 Å². The number of piperazine rings is 1. The van der Waals surface area contributed by atoms with Crippen molar-refractivity contribution in [2.24, 2.45) is 0 Å². The number of rotatable bonds is 3. The van der Waals surface area contributed by atoms with Crippen LogP contribution in [0.1, 0.15) is 17.0 Å². The Morgan fingerprint density at radius 3 is 2.62 bits per heavy atom. The third-order valence-electron chi connectivity index (χ3n) is 4.22. The SMILES string of the molecule is Cc1cc(C)n(CC(=O)N2CCN(c3cc(C#N)ccn3)CC2)n1. The van der Waals surface area contributed by atoms with Crippen molar-refractivity contribution < 1.29 is 4.79 Å². The van der Waals surface area contributed by atoms with Gasteiger partial charge in [-0.05, 0) is 32.0 Å². The topological polar surface area (TPSA) is 78.0 Å². The second-order valence-corrected chi connectivity index (χ2v) is 5.97. The van der Waals surface area contributed by atoms with Crippen molar-refractivity contribution in [2.75, 3.05) is 31.1 Å². The molecule has 0 bridgehead atoms. The summed E-state index contributed by atoms with van der Waals surface area (Å²) in [5, 5.41) is 13.3. The fourth-order valence-corrected chi connectivity index (χ4v) is 2.91. The van der Waals surface area contributed by atoms with Crippen molar-refractivity contribution >= 4 is 11.7 Å². The van der Waals surface area contributed by atoms with Gasteiger partial charge in [-0.25, -0.2) is 4.98 Å². The molecule has 1 aliphatic heterocycles. The minimum Gasteiger partial charge on any atom is -0.353 e. The molecule has 2 aromatic rings. The van der Waals surface area contributed by atoms with Crippen molar-refractivity contribution in [3.8, 4) is 6.07 Å². The highest BCUT2D eigenvalue weighted by Gasteiger charge is 2.22. The predicted octanol–water partition coefficient (Wildman–Crippen LogP) is 1.12. The highest BCUT2D eigenvalue weighted by molar-refractivity contribution is 5.76. The van der Waals surface area contributed by atoms with Gasteiger partial charge in [0.1, 0.15) is 12.4 Å². The largest absolute Gasteiger partial charge is 0.353 e. The molecule has 1 saturated heterocycles. The van der Waals surface area contributed by atoms with E-state index in [-0.39, 0.29) is 12.5 Å². The van der Waals surface area contributed by atoms with E-state index in [9.17, 15) is 4.79 Å². The van der Waals surface area contributed by atoms with Crippen molar-refractivity contribution in [1.82, 2.24) is 19.7 Å². The Balaban J connectivity index is 1.59. The number of nitrogens with zero attached hydrogens (tertiary/aromatic N) is 6. The van der Waals surface area contributed by atoms with E-state index in [1.165, 1.54) is 0 Å². The minimum absolute atomic E-state index is 0.0829. The van der Waals surface area contributed by atoms with Gasteiger partial charge in [0.05, 0.1) is 17.3 Å². The zero-order valence-corrected chi connectivity index (χ0v) is 13.9. The van der Waals surface area contributed by atoms with Gasteiger partial charge in [0.25, 0.3) is 0 Å². The monoisotopic (exact) mass is 324 g/mol. The predicted molar refractivity (Wildman–Crippen MR) is 89.4 cm³/mol. The van der Waals surface area contributed by atoms with Crippen LogP contribution in [0.3, 0.4) is 0 Å². The fourth-order valence-electron chi connectivity index (χ4n) is 2.91. The molecule has 0 saturated carbocycles. The van der Waals surface area contributed by atoms with Crippen molar-refractivity contribution in [3.63, 3.8) is 0 Å². The number of carbonyl (C=O) groups is 1. The summed E-state index contributed by atoms with van der Waals surface area (Å²) in [7, 11) is 0. The Morgan fingerprint density at radius 1 is 1.25 bits per heavy atom. The van der Waals surface area contributed by atoms with Crippen LogP contribution in [0.15, 0.2) is 24.4 Å². The zero-order chi connectivity index (χ0) is 17.1. The van der Waals surface area contributed by atoms with Crippen LogP contribution in [0.5, 0.6) is 0 Å². The maximum Gasteiger partial charge on any atom is 0.244 e. The van der Waals surface area contributed by atoms with Crippen LogP contribution in [0, 0.1) is 25.2 Å². The summed E-state index contributed by atoms with van der Waals surface area (Å²) in [6, 6.07) is 7.58. The standard InChI is InChI=1S/C17H20N6O/c1-13-9-14(2)23(20-13)12-17(24)22-7-5-21(6-8-22)16-10-15(11-18)3-4-19-16/h3-4,9-10H,5-8,12H2,1-2H3. The van der Waals surface area contributed by atoms with Crippen LogP contribution in [-0.2, 0) is 11.3 Å². The molecular formula is C17H20N6O. The number of amides is 1. The van der Waals surface area contributed by atoms with Crippen molar-refractivity contribution in [1.29, 1.82) is 5.26 Å². The van der Waals surface area contributed by atoms with Gasteiger partial charge in [-0.1, -0.05) is 0 Å². The molecular weight excluding hydrogens is 304 g/mol. The fraction of sp³-hybridized carbons (Fsp3) is 0.412. The van der Waals surface area contributed by atoms with Crippen LogP contribution in [0.4, 0.5) is 5.82 Å². The Labute approximate surface area is 141 Å². The average molecular weight is 324 g/mol. The van der Waals surface area contributed by atoms with Gasteiger partial charge in [0.2, 0.25) is 5.91 Å². The number of aromatic nitrogens is 3. The first kappa shape index (κ1) is 16.0. The Bertz CT molecular complexity index is 783. The van der Waals surface area contributed by atoms with Crippen LogP contribution >= 0.6 is 0 Å². The molecule has 0 aliphatic carbocycles. The summed E-state index contributed by atoms with van der Waals surface area (Å²) < 4.78 is 1.75. The summed E-state index contributed by atoms with van der Waals surface area (Å²) in [5.74, 6) is 0.874. The van der Waals surface area contributed by atoms with Crippen LogP contribution in [0.2, 0.25) is 0 Å². The first-order chi connectivity index (χ1) is 11.6. The van der Waals surface area contributed by atoms with Gasteiger partial charge in [0, 0.05) is 38.1 Å². The maximum atomic E-state index is 12.5. The number of hydrogen-bond acceptors (Lipinski definition) is 5. The molecule has 0 radical (unpaired) electrons. The number of hydrogen-bond donors (Lipinski definition) is 0. The molecule has 0 aromatic carbocycles. The summed E-state index contributed by atoms with van der Waals surface area (Å²) in [4.78, 5) is 20.7. The summed E-state index contributed by atoms with van der Waals surface area (Å²) in [5.41, 5.74) is 2.52. The third-order valence-corrected chi connectivity index (χ3v) is 4.22. The molecule has 1 amide bonds. The molecule has 0 unspecified atom stereocenters. The molecule has 1 fully saturated rings. The molecule has 2 aromatic heterocycles. The molecule has 7 nitrogen and oxygen atoms in total. The molecule has 3 rings (SSSR count). The van der Waals surface area contributed by atoms with E-state index in [4.69, 9.17) is 5.26 Å². The molecule has 0 N–H and O–H groups in total. The van der Waals surface area contributed by atoms with Crippen LogP contribution in [-0.4, -0.2) is 51.8 Å². The molecule has 1 aliphatic rings. The summed E-state index contributed by atoms with van der Waals surface area (Å²) in [6.45, 7) is 6.89. The van der Waals surface area contributed by atoms with E-state index >= 15 is 0 Å². The smallest absolute Gasteiger partial charge is 0.244 e. The Kier molecular flexibility index (Phi) is 4.47. The number of aryl methyl sites for hydroxylation is 2. The van der Waals surface area contributed by atoms with Gasteiger partial charge in [-0.3, -0.25) is 9.48 Å². The Morgan fingerprint density at radius 2 is 2.00 bits per heavy atom. The lowest BCUT2D eigenvalue weighted by atomic mass is 10.2. The van der Waals surface area contributed by atoms with Crippen LogP contribution < -0.4 is 4.90 Å². The van der Waals surface area contributed by atoms with E-state index < -0.39 is 0 Å². The molecule has 124 valence electrons. The average Bonchev–Trinajstić information content (AvgIpc) is 2.92. The van der Waals surface area contributed by atoms with Gasteiger partial charge in [-0.2, -0.15) is 10.4 Å². The summed E-state index contributed by atoms with van der Waals surface area (Å²) in [6.07, 6.45) is 1.65. The lowest BCUT2D eigenvalue weighted by Crippen LogP contribution is -2.50. The van der Waals surface area contributed by atoms with Gasteiger partial charge in [-0.15, -0.1) is 0 Å². The molecule has 3 heterocycles. The normalized spacial score (nSPS) is 14.5. The zero-order valence-electron chi connectivity index (χ0n) is 13.9. The lowest BCUT2D eigenvalue weighted by molar-refractivity contribution is -0.132. The molecule has 7 heteroatoms. The third kappa shape index (κ3) is 3.38. The molecule has 0 atom stereocenters. The second kappa shape index (κ2) is 6.71. The number of pyridine rings is 1. The first-order valence-corrected chi connectivity index (χ1v) is 7.97. The minimum atomic E-state index is 0.0829. The molecule has 24 heavy (non-hydrogen) atoms. The number of carbonyl (C=O) groups excluding carboxylic acids is 1. The highest BCUT2D eigenvalue weighted by Crippen LogP contribution is 2.15. The lowest BCUT2D eigenvalue weighted by Gasteiger charge is -2.35. The highest BCUT2D eigenvalue weighted by atomic mass is 16.2. The molecule has 0 spiro atoms. The maximum absolute atomic E-state index is 12.5. The van der Waals surface area contributed by atoms with Crippen molar-refractivity contribution in [3.05, 3.63) is 41.3 Å². The van der Waals surface area contributed by atoms with Gasteiger partial charge >= 0.3 is 0 Å². The van der Waals surface area contributed by atoms with E-state index in [0.717, 1.165) is 17.2 Å². The van der Waals surface area contributed by atoms with Crippen LogP contribution in [0.25, 0.3) is 0 Å². The summed E-state index contributed by atoms with van der Waals surface area (Å²) >= 11 is 0. The Hall–Kier alpha value is -2.88. The quantitative estimate of drug-likeness (QED) is 0.845. The van der Waals surface area contributed by atoms with Gasteiger partial charge in [0.15, 0.2) is 0 Å². The first-order valence-electron chi connectivity index (χ1n) is 7.97. The van der Waals surface area contributed by atoms with Gasteiger partial charge < -0.3 is 9.80 Å². The number of nitriles is 1. The van der Waals surface area contributed by atoms with Crippen molar-refractivity contribution in [2.45, 2.75) is 20.4 Å². The number of anilines is 1. The van der Waals surface area contributed by atoms with E-state index in [1.54, 1.807) is 23.0 Å². The van der Waals surface area contributed by atoms with E-state index in [1.807, 2.05) is 24.8 Å². The van der Waals surface area contributed by atoms with E-state index in [0.29, 0.717) is 31.7 Å². The second-order valence-electron chi connectivity index (χ2n) is 5.97.